The molecular weight excluding hydrogens is 494 g/mol. The summed E-state index contributed by atoms with van der Waals surface area (Å²) < 4.78 is 11.8. The molecule has 2 heterocycles. The number of carbonyl (C=O) groups is 2. The van der Waals surface area contributed by atoms with Crippen LogP contribution in [0.5, 0.6) is 0 Å². The van der Waals surface area contributed by atoms with E-state index in [4.69, 9.17) is 26.8 Å². The number of anilines is 1. The lowest BCUT2D eigenvalue weighted by atomic mass is 9.81. The first-order valence-corrected chi connectivity index (χ1v) is 11.6. The fourth-order valence-electron chi connectivity index (χ4n) is 4.40. The lowest BCUT2D eigenvalue weighted by molar-refractivity contribution is -0.139. The molecule has 10 heteroatoms. The van der Waals surface area contributed by atoms with Gasteiger partial charge in [0.2, 0.25) is 0 Å². The normalized spacial score (nSPS) is 15.5. The fraction of sp³-hybridized carbons (Fsp3) is 0.185. The average Bonchev–Trinajstić information content (AvgIpc) is 3.19. The second-order valence-electron chi connectivity index (χ2n) is 8.25. The zero-order valence-electron chi connectivity index (χ0n) is 20.7. The molecule has 1 atom stereocenters. The molecule has 188 valence electrons. The maximum atomic E-state index is 13.2. The SMILES string of the molecule is COC(=O)C1=C(C(=O)OC)N(c2ccc(-n3nc(C)c(Cl)c3C)cc2)C(N)=C(C#N)C1c1ccccc1. The number of benzene rings is 2. The summed E-state index contributed by atoms with van der Waals surface area (Å²) in [6.45, 7) is 3.67. The van der Waals surface area contributed by atoms with E-state index in [9.17, 15) is 14.9 Å². The van der Waals surface area contributed by atoms with Crippen molar-refractivity contribution in [3.8, 4) is 11.8 Å². The highest BCUT2D eigenvalue weighted by atomic mass is 35.5. The van der Waals surface area contributed by atoms with Gasteiger partial charge in [-0.15, -0.1) is 0 Å². The van der Waals surface area contributed by atoms with E-state index in [1.54, 1.807) is 59.3 Å². The molecule has 37 heavy (non-hydrogen) atoms. The van der Waals surface area contributed by atoms with Gasteiger partial charge in [0.25, 0.3) is 0 Å². The standard InChI is InChI=1S/C27H24ClN5O4/c1-15-23(28)16(2)33(31-15)19-12-10-18(11-13-19)32-24(27(35)37-4)22(26(34)36-3)21(20(14-29)25(32)30)17-8-6-5-7-9-17/h5-13,21H,30H2,1-4H3. The van der Waals surface area contributed by atoms with E-state index >= 15 is 0 Å². The molecule has 2 aromatic carbocycles. The van der Waals surface area contributed by atoms with Crippen molar-refractivity contribution in [3.63, 3.8) is 0 Å². The maximum Gasteiger partial charge on any atom is 0.355 e. The summed E-state index contributed by atoms with van der Waals surface area (Å²) in [7, 11) is 2.41. The van der Waals surface area contributed by atoms with Crippen LogP contribution in [0.2, 0.25) is 5.02 Å². The van der Waals surface area contributed by atoms with Crippen LogP contribution in [-0.4, -0.2) is 35.9 Å². The number of nitriles is 1. The minimum absolute atomic E-state index is 0.00804. The van der Waals surface area contributed by atoms with Crippen LogP contribution in [0.3, 0.4) is 0 Å². The zero-order valence-corrected chi connectivity index (χ0v) is 21.4. The quantitative estimate of drug-likeness (QED) is 0.503. The van der Waals surface area contributed by atoms with E-state index in [0.717, 1.165) is 11.4 Å². The lowest BCUT2D eigenvalue weighted by Crippen LogP contribution is -2.40. The topological polar surface area (TPSA) is 123 Å². The number of ether oxygens (including phenoxy) is 2. The number of hydrogen-bond donors (Lipinski definition) is 1. The van der Waals surface area contributed by atoms with Gasteiger partial charge in [0.05, 0.1) is 59.5 Å². The van der Waals surface area contributed by atoms with Crippen LogP contribution in [0, 0.1) is 25.2 Å². The summed E-state index contributed by atoms with van der Waals surface area (Å²) in [4.78, 5) is 27.6. The summed E-state index contributed by atoms with van der Waals surface area (Å²) in [5.74, 6) is -2.53. The molecule has 0 bridgehead atoms. The molecule has 0 aliphatic carbocycles. The molecule has 9 nitrogen and oxygen atoms in total. The number of rotatable bonds is 5. The number of halogens is 1. The van der Waals surface area contributed by atoms with E-state index in [1.807, 2.05) is 13.8 Å². The van der Waals surface area contributed by atoms with Gasteiger partial charge >= 0.3 is 11.9 Å². The van der Waals surface area contributed by atoms with Gasteiger partial charge in [-0.25, -0.2) is 14.3 Å². The fourth-order valence-corrected chi connectivity index (χ4v) is 4.52. The monoisotopic (exact) mass is 517 g/mol. The number of nitrogens with zero attached hydrogens (tertiary/aromatic N) is 4. The molecule has 1 aromatic heterocycles. The predicted molar refractivity (Wildman–Crippen MR) is 138 cm³/mol. The van der Waals surface area contributed by atoms with Gasteiger partial charge in [-0.1, -0.05) is 41.9 Å². The first-order valence-electron chi connectivity index (χ1n) is 11.2. The number of nitrogens with two attached hydrogens (primary N) is 1. The lowest BCUT2D eigenvalue weighted by Gasteiger charge is -2.35. The van der Waals surface area contributed by atoms with Gasteiger partial charge in [-0.2, -0.15) is 10.4 Å². The van der Waals surface area contributed by atoms with Crippen LogP contribution in [0.15, 0.2) is 77.3 Å². The van der Waals surface area contributed by atoms with Crippen molar-refractivity contribution in [1.82, 2.24) is 9.78 Å². The van der Waals surface area contributed by atoms with Gasteiger partial charge < -0.3 is 15.2 Å². The van der Waals surface area contributed by atoms with E-state index < -0.39 is 17.9 Å². The molecule has 1 aliphatic rings. The smallest absolute Gasteiger partial charge is 0.355 e. The highest BCUT2D eigenvalue weighted by molar-refractivity contribution is 6.31. The van der Waals surface area contributed by atoms with Gasteiger partial charge in [0, 0.05) is 5.69 Å². The predicted octanol–water partition coefficient (Wildman–Crippen LogP) is 4.04. The maximum absolute atomic E-state index is 13.2. The van der Waals surface area contributed by atoms with Crippen molar-refractivity contribution in [2.75, 3.05) is 19.1 Å². The van der Waals surface area contributed by atoms with Crippen LogP contribution in [0.4, 0.5) is 5.69 Å². The Hall–Kier alpha value is -4.55. The third-order valence-corrected chi connectivity index (χ3v) is 6.71. The molecule has 1 aliphatic heterocycles. The third-order valence-electron chi connectivity index (χ3n) is 6.17. The number of allylic oxidation sites excluding steroid dienone is 1. The number of esters is 2. The summed E-state index contributed by atoms with van der Waals surface area (Å²) in [5.41, 5.74) is 9.63. The van der Waals surface area contributed by atoms with Crippen LogP contribution >= 0.6 is 11.6 Å². The van der Waals surface area contributed by atoms with Crippen LogP contribution in [-0.2, 0) is 19.1 Å². The minimum atomic E-state index is -0.930. The second-order valence-corrected chi connectivity index (χ2v) is 8.63. The Bertz CT molecular complexity index is 1480. The molecule has 0 spiro atoms. The minimum Gasteiger partial charge on any atom is -0.466 e. The van der Waals surface area contributed by atoms with Crippen molar-refractivity contribution in [3.05, 3.63) is 99.2 Å². The Balaban J connectivity index is 1.95. The van der Waals surface area contributed by atoms with E-state index in [2.05, 4.69) is 11.2 Å². The largest absolute Gasteiger partial charge is 0.466 e. The Morgan fingerprint density at radius 1 is 1.00 bits per heavy atom. The number of hydrogen-bond acceptors (Lipinski definition) is 8. The molecule has 0 saturated heterocycles. The van der Waals surface area contributed by atoms with Crippen LogP contribution in [0.25, 0.3) is 5.69 Å². The first kappa shape index (κ1) is 25.5. The second kappa shape index (κ2) is 10.2. The molecule has 0 amide bonds. The van der Waals surface area contributed by atoms with Gasteiger partial charge in [0.15, 0.2) is 0 Å². The third kappa shape index (κ3) is 4.32. The summed E-state index contributed by atoms with van der Waals surface area (Å²) in [5, 5.41) is 15.2. The Morgan fingerprint density at radius 2 is 1.59 bits per heavy atom. The summed E-state index contributed by atoms with van der Waals surface area (Å²) >= 11 is 6.30. The number of methoxy groups -OCH3 is 2. The van der Waals surface area contributed by atoms with Crippen molar-refractivity contribution >= 4 is 29.2 Å². The first-order chi connectivity index (χ1) is 17.7. The van der Waals surface area contributed by atoms with Crippen molar-refractivity contribution in [2.24, 2.45) is 5.73 Å². The van der Waals surface area contributed by atoms with E-state index in [1.165, 1.54) is 19.1 Å². The van der Waals surface area contributed by atoms with Gasteiger partial charge in [-0.05, 0) is 43.7 Å². The Kier molecular flexibility index (Phi) is 7.05. The van der Waals surface area contributed by atoms with Crippen LogP contribution < -0.4 is 10.6 Å². The van der Waals surface area contributed by atoms with E-state index in [0.29, 0.717) is 22.0 Å². The summed E-state index contributed by atoms with van der Waals surface area (Å²) in [6.07, 6.45) is 0. The van der Waals surface area contributed by atoms with Crippen molar-refractivity contribution < 1.29 is 19.1 Å². The Labute approximate surface area is 218 Å². The van der Waals surface area contributed by atoms with Crippen molar-refractivity contribution in [1.29, 1.82) is 5.26 Å². The van der Waals surface area contributed by atoms with Crippen molar-refractivity contribution in [2.45, 2.75) is 19.8 Å². The van der Waals surface area contributed by atoms with Gasteiger partial charge in [0.1, 0.15) is 11.5 Å². The molecule has 1 unspecified atom stereocenters. The molecule has 4 rings (SSSR count). The number of aromatic nitrogens is 2. The summed E-state index contributed by atoms with van der Waals surface area (Å²) in [6, 6.07) is 17.9. The molecule has 3 aromatic rings. The van der Waals surface area contributed by atoms with Gasteiger partial charge in [-0.3, -0.25) is 4.90 Å². The molecule has 2 N–H and O–H groups in total. The van der Waals surface area contributed by atoms with E-state index in [-0.39, 0.29) is 22.7 Å². The highest BCUT2D eigenvalue weighted by Crippen LogP contribution is 2.43. The average molecular weight is 518 g/mol. The molecule has 0 fully saturated rings. The Morgan fingerprint density at radius 3 is 2.11 bits per heavy atom. The molecule has 0 radical (unpaired) electrons. The molecular formula is C27H24ClN5O4. The highest BCUT2D eigenvalue weighted by Gasteiger charge is 2.42. The number of aryl methyl sites for hydroxylation is 1. The number of carbonyl (C=O) groups excluding carboxylic acids is 2. The van der Waals surface area contributed by atoms with Crippen LogP contribution in [0.1, 0.15) is 22.9 Å². The zero-order chi connectivity index (χ0) is 26.9. The molecule has 0 saturated carbocycles.